The number of primary amides is 1. The highest BCUT2D eigenvalue weighted by atomic mass is 32.1. The van der Waals surface area contributed by atoms with Crippen molar-refractivity contribution in [2.24, 2.45) is 5.73 Å². The number of aromatic nitrogens is 1. The third kappa shape index (κ3) is 5.62. The van der Waals surface area contributed by atoms with Crippen molar-refractivity contribution in [3.63, 3.8) is 0 Å². The number of nitrogens with zero attached hydrogens (tertiary/aromatic N) is 2. The molecule has 5 N–H and O–H groups in total. The highest BCUT2D eigenvalue weighted by molar-refractivity contribution is 7.09. The lowest BCUT2D eigenvalue weighted by molar-refractivity contribution is -0.122. The topological polar surface area (TPSA) is 131 Å². The van der Waals surface area contributed by atoms with Crippen molar-refractivity contribution in [3.05, 3.63) is 112 Å². The molecule has 1 unspecified atom stereocenters. The second-order valence-electron chi connectivity index (χ2n) is 7.95. The van der Waals surface area contributed by atoms with Gasteiger partial charge in [-0.1, -0.05) is 42.5 Å². The molecule has 1 aromatic heterocycles. The van der Waals surface area contributed by atoms with Crippen LogP contribution in [0.1, 0.15) is 37.3 Å². The van der Waals surface area contributed by atoms with Crippen molar-refractivity contribution >= 4 is 40.6 Å². The SMILES string of the molecule is NC(=O)c1nsc(C(=O)N(c2ccc(F)cc2)C(C(=O)NCc2ccccc2)c2ccc(F)cc2)c1N. The molecule has 11 heteroatoms. The Kier molecular flexibility index (Phi) is 7.54. The van der Waals surface area contributed by atoms with E-state index in [0.717, 1.165) is 34.7 Å². The molecule has 0 aliphatic heterocycles. The first-order valence-corrected chi connectivity index (χ1v) is 11.7. The van der Waals surface area contributed by atoms with Gasteiger partial charge in [0.15, 0.2) is 5.69 Å². The molecule has 0 aliphatic rings. The summed E-state index contributed by atoms with van der Waals surface area (Å²) in [5.74, 6) is -3.39. The van der Waals surface area contributed by atoms with E-state index in [1.54, 1.807) is 0 Å². The molecule has 0 radical (unpaired) electrons. The zero-order valence-corrected chi connectivity index (χ0v) is 20.0. The highest BCUT2D eigenvalue weighted by Gasteiger charge is 2.36. The van der Waals surface area contributed by atoms with E-state index >= 15 is 0 Å². The van der Waals surface area contributed by atoms with Crippen LogP contribution in [0.5, 0.6) is 0 Å². The normalized spacial score (nSPS) is 11.5. The zero-order chi connectivity index (χ0) is 26.5. The number of rotatable bonds is 8. The molecule has 188 valence electrons. The van der Waals surface area contributed by atoms with E-state index in [2.05, 4.69) is 9.69 Å². The van der Waals surface area contributed by atoms with E-state index < -0.39 is 35.4 Å². The van der Waals surface area contributed by atoms with E-state index in [4.69, 9.17) is 11.5 Å². The lowest BCUT2D eigenvalue weighted by Gasteiger charge is -2.31. The van der Waals surface area contributed by atoms with Gasteiger partial charge in [0, 0.05) is 12.2 Å². The van der Waals surface area contributed by atoms with Crippen LogP contribution < -0.4 is 21.7 Å². The summed E-state index contributed by atoms with van der Waals surface area (Å²) in [6, 6.07) is 17.7. The van der Waals surface area contributed by atoms with Crippen molar-refractivity contribution < 1.29 is 23.2 Å². The van der Waals surface area contributed by atoms with Crippen molar-refractivity contribution in [1.82, 2.24) is 9.69 Å². The first-order valence-electron chi connectivity index (χ1n) is 11.0. The largest absolute Gasteiger partial charge is 0.395 e. The molecule has 8 nitrogen and oxygen atoms in total. The van der Waals surface area contributed by atoms with Gasteiger partial charge in [-0.25, -0.2) is 8.78 Å². The Morgan fingerprint density at radius 1 is 0.919 bits per heavy atom. The summed E-state index contributed by atoms with van der Waals surface area (Å²) < 4.78 is 31.4. The minimum atomic E-state index is -1.32. The summed E-state index contributed by atoms with van der Waals surface area (Å²) in [6.07, 6.45) is 0. The Morgan fingerprint density at radius 3 is 2.08 bits per heavy atom. The van der Waals surface area contributed by atoms with Gasteiger partial charge < -0.3 is 16.8 Å². The minimum Gasteiger partial charge on any atom is -0.395 e. The number of nitrogens with two attached hydrogens (primary N) is 2. The molecule has 1 atom stereocenters. The maximum Gasteiger partial charge on any atom is 0.273 e. The average Bonchev–Trinajstić information content (AvgIpc) is 3.29. The zero-order valence-electron chi connectivity index (χ0n) is 19.2. The van der Waals surface area contributed by atoms with E-state index in [1.807, 2.05) is 30.3 Å². The highest BCUT2D eigenvalue weighted by Crippen LogP contribution is 2.33. The Morgan fingerprint density at radius 2 is 1.51 bits per heavy atom. The number of carbonyl (C=O) groups is 3. The lowest BCUT2D eigenvalue weighted by atomic mass is 10.0. The molecule has 0 saturated carbocycles. The molecule has 4 rings (SSSR count). The lowest BCUT2D eigenvalue weighted by Crippen LogP contribution is -2.44. The van der Waals surface area contributed by atoms with Crippen LogP contribution in [0.2, 0.25) is 0 Å². The number of benzene rings is 3. The van der Waals surface area contributed by atoms with Crippen LogP contribution in [-0.2, 0) is 11.3 Å². The first kappa shape index (κ1) is 25.5. The van der Waals surface area contributed by atoms with Gasteiger partial charge in [0.05, 0.1) is 5.69 Å². The maximum atomic E-state index is 13.9. The van der Waals surface area contributed by atoms with Crippen LogP contribution in [0.4, 0.5) is 20.2 Å². The molecule has 0 spiro atoms. The molecule has 0 bridgehead atoms. The fourth-order valence-electron chi connectivity index (χ4n) is 3.67. The maximum absolute atomic E-state index is 13.9. The molecule has 0 saturated heterocycles. The van der Waals surface area contributed by atoms with Gasteiger partial charge >= 0.3 is 0 Å². The number of anilines is 2. The summed E-state index contributed by atoms with van der Waals surface area (Å²) in [7, 11) is 0. The third-order valence-electron chi connectivity index (χ3n) is 5.48. The molecule has 37 heavy (non-hydrogen) atoms. The number of nitrogen functional groups attached to an aromatic ring is 1. The van der Waals surface area contributed by atoms with Gasteiger partial charge in [-0.3, -0.25) is 19.3 Å². The van der Waals surface area contributed by atoms with Crippen molar-refractivity contribution in [3.8, 4) is 0 Å². The Bertz CT molecular complexity index is 1430. The predicted molar refractivity (Wildman–Crippen MR) is 136 cm³/mol. The quantitative estimate of drug-likeness (QED) is 0.325. The van der Waals surface area contributed by atoms with Crippen LogP contribution in [0.3, 0.4) is 0 Å². The second kappa shape index (κ2) is 11.0. The van der Waals surface area contributed by atoms with Crippen molar-refractivity contribution in [2.75, 3.05) is 10.6 Å². The summed E-state index contributed by atoms with van der Waals surface area (Å²) in [6.45, 7) is 0.150. The smallest absolute Gasteiger partial charge is 0.273 e. The molecule has 3 aromatic carbocycles. The van der Waals surface area contributed by atoms with E-state index in [-0.39, 0.29) is 34.1 Å². The molecule has 0 aliphatic carbocycles. The molecule has 1 heterocycles. The second-order valence-corrected chi connectivity index (χ2v) is 8.72. The molecular weight excluding hydrogens is 500 g/mol. The third-order valence-corrected chi connectivity index (χ3v) is 6.33. The van der Waals surface area contributed by atoms with Gasteiger partial charge in [-0.15, -0.1) is 0 Å². The number of nitrogens with one attached hydrogen (secondary N) is 1. The van der Waals surface area contributed by atoms with E-state index in [9.17, 15) is 23.2 Å². The average molecular weight is 522 g/mol. The van der Waals surface area contributed by atoms with Crippen LogP contribution in [0.15, 0.2) is 78.9 Å². The molecule has 4 aromatic rings. The van der Waals surface area contributed by atoms with Crippen LogP contribution in [0, 0.1) is 11.6 Å². The van der Waals surface area contributed by atoms with E-state index in [1.165, 1.54) is 24.3 Å². The number of amides is 3. The van der Waals surface area contributed by atoms with Gasteiger partial charge in [-0.05, 0) is 59.1 Å². The van der Waals surface area contributed by atoms with Crippen LogP contribution in [-0.4, -0.2) is 22.1 Å². The van der Waals surface area contributed by atoms with Gasteiger partial charge in [-0.2, -0.15) is 4.37 Å². The van der Waals surface area contributed by atoms with Gasteiger partial charge in [0.25, 0.3) is 11.8 Å². The van der Waals surface area contributed by atoms with Gasteiger partial charge in [0.2, 0.25) is 5.91 Å². The predicted octanol–water partition coefficient (Wildman–Crippen LogP) is 3.81. The monoisotopic (exact) mass is 521 g/mol. The Hall–Kier alpha value is -4.64. The molecular formula is C26H21F2N5O3S. The van der Waals surface area contributed by atoms with Crippen molar-refractivity contribution in [2.45, 2.75) is 12.6 Å². The number of carbonyl (C=O) groups excluding carboxylic acids is 3. The fourth-order valence-corrected chi connectivity index (χ4v) is 4.41. The first-order chi connectivity index (χ1) is 17.8. The Labute approximate surface area is 214 Å². The molecule has 0 fully saturated rings. The number of halogens is 2. The Balaban J connectivity index is 1.82. The summed E-state index contributed by atoms with van der Waals surface area (Å²) in [5, 5.41) is 2.80. The summed E-state index contributed by atoms with van der Waals surface area (Å²) in [5.41, 5.74) is 12.0. The van der Waals surface area contributed by atoms with Crippen molar-refractivity contribution in [1.29, 1.82) is 0 Å². The fraction of sp³-hybridized carbons (Fsp3) is 0.0769. The van der Waals surface area contributed by atoms with E-state index in [0.29, 0.717) is 11.5 Å². The number of hydrogen-bond donors (Lipinski definition) is 3. The molecule has 3 amide bonds. The van der Waals surface area contributed by atoms with Gasteiger partial charge in [0.1, 0.15) is 22.6 Å². The van der Waals surface area contributed by atoms with Crippen LogP contribution >= 0.6 is 11.5 Å². The number of hydrogen-bond acceptors (Lipinski definition) is 6. The minimum absolute atomic E-state index is 0.138. The van der Waals surface area contributed by atoms with Crippen LogP contribution in [0.25, 0.3) is 0 Å². The summed E-state index contributed by atoms with van der Waals surface area (Å²) in [4.78, 5) is 40.1. The summed E-state index contributed by atoms with van der Waals surface area (Å²) >= 11 is 0.643. The standard InChI is InChI=1S/C26H21F2N5O3S/c27-17-8-6-16(7-9-17)22(25(35)31-14-15-4-2-1-3-5-15)33(19-12-10-18(28)11-13-19)26(36)23-20(29)21(24(30)34)32-37-23/h1-13,22H,14,29H2,(H2,30,34)(H,31,35).